The van der Waals surface area contributed by atoms with Gasteiger partial charge in [0.25, 0.3) is 5.91 Å². The lowest BCUT2D eigenvalue weighted by molar-refractivity contribution is 0.00990. The molecule has 0 aromatic carbocycles. The van der Waals surface area contributed by atoms with Gasteiger partial charge in [0.1, 0.15) is 0 Å². The average Bonchev–Trinajstić information content (AvgIpc) is 3.10. The van der Waals surface area contributed by atoms with Crippen molar-refractivity contribution < 1.29 is 4.79 Å². The van der Waals surface area contributed by atoms with Crippen LogP contribution in [-0.4, -0.2) is 52.9 Å². The molecule has 0 atom stereocenters. The highest BCUT2D eigenvalue weighted by atomic mass is 16.2. The van der Waals surface area contributed by atoms with E-state index >= 15 is 0 Å². The first-order chi connectivity index (χ1) is 10.7. The van der Waals surface area contributed by atoms with E-state index in [4.69, 9.17) is 0 Å². The summed E-state index contributed by atoms with van der Waals surface area (Å²) in [5, 5.41) is 0. The summed E-state index contributed by atoms with van der Waals surface area (Å²) in [5.41, 5.74) is 0.992. The van der Waals surface area contributed by atoms with Crippen molar-refractivity contribution in [2.24, 2.45) is 0 Å². The van der Waals surface area contributed by atoms with Crippen LogP contribution in [0.25, 0.3) is 0 Å². The molecule has 0 spiro atoms. The monoisotopic (exact) mass is 303 g/mol. The summed E-state index contributed by atoms with van der Waals surface area (Å²) in [6, 6.07) is 1.87. The second-order valence-electron chi connectivity index (χ2n) is 7.09. The maximum Gasteiger partial charge on any atom is 0.255 e. The predicted molar refractivity (Wildman–Crippen MR) is 89.0 cm³/mol. The lowest BCUT2D eigenvalue weighted by Crippen LogP contribution is -2.58. The number of carbonyl (C=O) groups is 1. The zero-order valence-electron chi connectivity index (χ0n) is 13.8. The highest BCUT2D eigenvalue weighted by molar-refractivity contribution is 5.93. The Labute approximate surface area is 133 Å². The van der Waals surface area contributed by atoms with Gasteiger partial charge in [-0.15, -0.1) is 0 Å². The molecule has 22 heavy (non-hydrogen) atoms. The molecule has 1 aliphatic heterocycles. The summed E-state index contributed by atoms with van der Waals surface area (Å²) in [6.07, 6.45) is 14.1. The van der Waals surface area contributed by atoms with Gasteiger partial charge in [0, 0.05) is 31.5 Å². The van der Waals surface area contributed by atoms with Crippen LogP contribution in [0.2, 0.25) is 0 Å². The molecule has 1 aliphatic carbocycles. The first kappa shape index (κ1) is 15.6. The van der Waals surface area contributed by atoms with E-state index in [0.717, 1.165) is 12.1 Å². The Morgan fingerprint density at radius 3 is 2.50 bits per heavy atom. The number of likely N-dealkylation sites (N-methyl/N-ethyl adjacent to an activating group) is 1. The van der Waals surface area contributed by atoms with E-state index in [9.17, 15) is 4.79 Å². The number of hydrogen-bond acceptors (Lipinski definition) is 2. The largest absolute Gasteiger partial charge is 0.367 e. The minimum atomic E-state index is 0.142. The number of rotatable bonds is 4. The third-order valence-electron chi connectivity index (χ3n) is 5.53. The van der Waals surface area contributed by atoms with Crippen LogP contribution in [0.4, 0.5) is 0 Å². The Kier molecular flexibility index (Phi) is 4.87. The number of H-pyrrole nitrogens is 1. The molecule has 2 aliphatic rings. The quantitative estimate of drug-likeness (QED) is 0.927. The number of nitrogens with one attached hydrogen (secondary N) is 1. The van der Waals surface area contributed by atoms with Gasteiger partial charge in [-0.05, 0) is 44.8 Å². The highest BCUT2D eigenvalue weighted by Crippen LogP contribution is 2.36. The number of carbonyl (C=O) groups excluding carboxylic acids is 1. The smallest absolute Gasteiger partial charge is 0.255 e. The molecule has 4 heteroatoms. The predicted octanol–water partition coefficient (Wildman–Crippen LogP) is 3.28. The highest BCUT2D eigenvalue weighted by Gasteiger charge is 2.40. The van der Waals surface area contributed by atoms with E-state index in [0.29, 0.717) is 0 Å². The molecule has 1 aromatic rings. The first-order valence-electron chi connectivity index (χ1n) is 8.85. The van der Waals surface area contributed by atoms with Crippen molar-refractivity contribution in [3.63, 3.8) is 0 Å². The second-order valence-corrected chi connectivity index (χ2v) is 7.09. The van der Waals surface area contributed by atoms with Crippen LogP contribution >= 0.6 is 0 Å². The van der Waals surface area contributed by atoms with Crippen LogP contribution in [-0.2, 0) is 0 Å². The Bertz CT molecular complexity index is 471. The molecule has 0 unspecified atom stereocenters. The average molecular weight is 303 g/mol. The van der Waals surface area contributed by atoms with Gasteiger partial charge >= 0.3 is 0 Å². The Morgan fingerprint density at radius 2 is 1.86 bits per heavy atom. The van der Waals surface area contributed by atoms with E-state index in [-0.39, 0.29) is 11.4 Å². The normalized spacial score (nSPS) is 22.4. The van der Waals surface area contributed by atoms with E-state index in [1.165, 1.54) is 64.5 Å². The fourth-order valence-corrected chi connectivity index (χ4v) is 4.34. The first-order valence-corrected chi connectivity index (χ1v) is 8.85. The molecule has 1 N–H and O–H groups in total. The van der Waals surface area contributed by atoms with E-state index in [1.54, 1.807) is 6.20 Å². The number of hydrogen-bond donors (Lipinski definition) is 1. The molecular formula is C18H29N3O. The molecule has 2 fully saturated rings. The van der Waals surface area contributed by atoms with Crippen molar-refractivity contribution in [2.75, 3.05) is 26.7 Å². The third kappa shape index (κ3) is 3.22. The summed E-state index contributed by atoms with van der Waals surface area (Å²) in [4.78, 5) is 20.2. The molecule has 1 amide bonds. The van der Waals surface area contributed by atoms with Gasteiger partial charge < -0.3 is 9.88 Å². The molecular weight excluding hydrogens is 274 g/mol. The molecule has 0 bridgehead atoms. The Balaban J connectivity index is 1.73. The summed E-state index contributed by atoms with van der Waals surface area (Å²) in [5.74, 6) is 0.142. The van der Waals surface area contributed by atoms with Crippen molar-refractivity contribution in [1.29, 1.82) is 0 Å². The standard InChI is InChI=1S/C18H29N3O/c1-20(17(22)16-8-11-19-14-16)15-18(9-4-2-5-10-18)21-12-6-3-7-13-21/h8,11,14,19H,2-7,9-10,12-13,15H2,1H3. The lowest BCUT2D eigenvalue weighted by Gasteiger charge is -2.49. The van der Waals surface area contributed by atoms with Crippen molar-refractivity contribution in [2.45, 2.75) is 56.9 Å². The van der Waals surface area contributed by atoms with Gasteiger partial charge in [-0.25, -0.2) is 0 Å². The fraction of sp³-hybridized carbons (Fsp3) is 0.722. The van der Waals surface area contributed by atoms with Crippen molar-refractivity contribution >= 4 is 5.91 Å². The van der Waals surface area contributed by atoms with Gasteiger partial charge in [-0.3, -0.25) is 9.69 Å². The molecule has 4 nitrogen and oxygen atoms in total. The fourth-order valence-electron chi connectivity index (χ4n) is 4.34. The second kappa shape index (κ2) is 6.86. The third-order valence-corrected chi connectivity index (χ3v) is 5.53. The van der Waals surface area contributed by atoms with Gasteiger partial charge in [-0.2, -0.15) is 0 Å². The molecule has 122 valence electrons. The molecule has 1 saturated carbocycles. The molecule has 3 rings (SSSR count). The number of aromatic nitrogens is 1. The van der Waals surface area contributed by atoms with E-state index in [2.05, 4.69) is 9.88 Å². The zero-order valence-corrected chi connectivity index (χ0v) is 13.8. The van der Waals surface area contributed by atoms with Crippen LogP contribution in [0.5, 0.6) is 0 Å². The van der Waals surface area contributed by atoms with Crippen LogP contribution in [0, 0.1) is 0 Å². The summed E-state index contributed by atoms with van der Waals surface area (Å²) < 4.78 is 0. The molecule has 0 radical (unpaired) electrons. The van der Waals surface area contributed by atoms with Crippen LogP contribution in [0.1, 0.15) is 61.7 Å². The summed E-state index contributed by atoms with van der Waals surface area (Å²) in [7, 11) is 1.97. The van der Waals surface area contributed by atoms with Crippen LogP contribution in [0.15, 0.2) is 18.5 Å². The number of likely N-dealkylation sites (tertiary alicyclic amines) is 1. The summed E-state index contributed by atoms with van der Waals surface area (Å²) >= 11 is 0. The topological polar surface area (TPSA) is 39.3 Å². The SMILES string of the molecule is CN(CC1(N2CCCCC2)CCCCC1)C(=O)c1cc[nH]c1. The van der Waals surface area contributed by atoms with Gasteiger partial charge in [0.2, 0.25) is 0 Å². The van der Waals surface area contributed by atoms with E-state index < -0.39 is 0 Å². The van der Waals surface area contributed by atoms with Crippen molar-refractivity contribution in [1.82, 2.24) is 14.8 Å². The van der Waals surface area contributed by atoms with Gasteiger partial charge in [0.15, 0.2) is 0 Å². The molecule has 2 heterocycles. The van der Waals surface area contributed by atoms with Gasteiger partial charge in [0.05, 0.1) is 5.56 Å². The van der Waals surface area contributed by atoms with E-state index in [1.807, 2.05) is 24.2 Å². The van der Waals surface area contributed by atoms with Crippen LogP contribution < -0.4 is 0 Å². The minimum absolute atomic E-state index is 0.142. The number of amides is 1. The van der Waals surface area contributed by atoms with Gasteiger partial charge in [-0.1, -0.05) is 25.7 Å². The Hall–Kier alpha value is -1.29. The van der Waals surface area contributed by atoms with Crippen LogP contribution in [0.3, 0.4) is 0 Å². The lowest BCUT2D eigenvalue weighted by atomic mass is 9.78. The maximum absolute atomic E-state index is 12.6. The zero-order chi connectivity index (χ0) is 15.4. The number of aromatic amines is 1. The van der Waals surface area contributed by atoms with Crippen molar-refractivity contribution in [3.05, 3.63) is 24.0 Å². The summed E-state index contributed by atoms with van der Waals surface area (Å²) in [6.45, 7) is 3.30. The minimum Gasteiger partial charge on any atom is -0.367 e. The Morgan fingerprint density at radius 1 is 1.18 bits per heavy atom. The number of piperidine rings is 1. The molecule has 1 saturated heterocycles. The number of nitrogens with zero attached hydrogens (tertiary/aromatic N) is 2. The molecule has 1 aromatic heterocycles. The van der Waals surface area contributed by atoms with Crippen molar-refractivity contribution in [3.8, 4) is 0 Å². The maximum atomic E-state index is 12.6.